The van der Waals surface area contributed by atoms with Crippen LogP contribution in [-0.4, -0.2) is 24.4 Å². The molecule has 0 saturated carbocycles. The highest BCUT2D eigenvalue weighted by Gasteiger charge is 2.31. The maximum atomic E-state index is 12.1. The van der Waals surface area contributed by atoms with Crippen molar-refractivity contribution >= 4 is 5.57 Å². The largest absolute Gasteiger partial charge is 0.573 e. The molecule has 0 atom stereocenters. The van der Waals surface area contributed by atoms with Crippen molar-refractivity contribution in [2.24, 2.45) is 0 Å². The van der Waals surface area contributed by atoms with Crippen LogP contribution in [0.1, 0.15) is 12.0 Å². The van der Waals surface area contributed by atoms with E-state index in [1.54, 1.807) is 12.1 Å². The fraction of sp³-hybridized carbons (Fsp3) is 0.308. The molecule has 18 heavy (non-hydrogen) atoms. The van der Waals surface area contributed by atoms with E-state index in [1.807, 2.05) is 11.0 Å². The Balaban J connectivity index is 2.17. The Bertz CT molecular complexity index is 454. The Morgan fingerprint density at radius 3 is 2.67 bits per heavy atom. The number of rotatable bonds is 2. The van der Waals surface area contributed by atoms with Gasteiger partial charge in [-0.25, -0.2) is 0 Å². The van der Waals surface area contributed by atoms with Gasteiger partial charge in [0.15, 0.2) is 0 Å². The van der Waals surface area contributed by atoms with Gasteiger partial charge in [0.1, 0.15) is 5.75 Å². The topological polar surface area (TPSA) is 12.5 Å². The van der Waals surface area contributed by atoms with Crippen LogP contribution in [0.2, 0.25) is 0 Å². The number of benzene rings is 1. The smallest absolute Gasteiger partial charge is 0.406 e. The van der Waals surface area contributed by atoms with Crippen LogP contribution < -0.4 is 4.74 Å². The number of nitrogens with zero attached hydrogens (tertiary/aromatic N) is 1. The van der Waals surface area contributed by atoms with Crippen molar-refractivity contribution in [2.45, 2.75) is 12.8 Å². The van der Waals surface area contributed by atoms with Crippen LogP contribution in [-0.2, 0) is 0 Å². The fourth-order valence-electron chi connectivity index (χ4n) is 1.87. The quantitative estimate of drug-likeness (QED) is 0.803. The molecule has 0 saturated heterocycles. The van der Waals surface area contributed by atoms with Gasteiger partial charge in [-0.1, -0.05) is 18.2 Å². The lowest BCUT2D eigenvalue weighted by Crippen LogP contribution is -2.21. The summed E-state index contributed by atoms with van der Waals surface area (Å²) in [5, 5.41) is 0. The van der Waals surface area contributed by atoms with E-state index >= 15 is 0 Å². The summed E-state index contributed by atoms with van der Waals surface area (Å²) in [5.74, 6) is -0.182. The first-order valence-electron chi connectivity index (χ1n) is 5.55. The molecule has 0 fully saturated rings. The van der Waals surface area contributed by atoms with Crippen molar-refractivity contribution in [1.29, 1.82) is 0 Å². The molecule has 0 aliphatic carbocycles. The summed E-state index contributed by atoms with van der Waals surface area (Å²) in [4.78, 5) is 1.90. The van der Waals surface area contributed by atoms with E-state index in [0.717, 1.165) is 24.1 Å². The summed E-state index contributed by atoms with van der Waals surface area (Å²) in [5.41, 5.74) is 1.80. The lowest BCUT2D eigenvalue weighted by atomic mass is 9.99. The van der Waals surface area contributed by atoms with E-state index in [9.17, 15) is 13.2 Å². The van der Waals surface area contributed by atoms with Crippen LogP contribution in [0.3, 0.4) is 0 Å². The summed E-state index contributed by atoms with van der Waals surface area (Å²) in [6.07, 6.45) is -1.90. The van der Waals surface area contributed by atoms with E-state index in [0.29, 0.717) is 6.54 Å². The molecule has 1 radical (unpaired) electrons. The lowest BCUT2D eigenvalue weighted by molar-refractivity contribution is -0.274. The molecule has 1 aromatic carbocycles. The van der Waals surface area contributed by atoms with Gasteiger partial charge in [0, 0.05) is 20.1 Å². The van der Waals surface area contributed by atoms with E-state index in [2.05, 4.69) is 11.8 Å². The number of hydrogen-bond acceptors (Lipinski definition) is 2. The molecule has 0 bridgehead atoms. The Kier molecular flexibility index (Phi) is 3.61. The van der Waals surface area contributed by atoms with Crippen LogP contribution in [0.5, 0.6) is 5.75 Å². The molecule has 0 amide bonds. The predicted molar refractivity (Wildman–Crippen MR) is 62.6 cm³/mol. The molecule has 2 rings (SSSR count). The third-order valence-corrected chi connectivity index (χ3v) is 2.73. The average Bonchev–Trinajstić information content (AvgIpc) is 2.28. The normalized spacial score (nSPS) is 17.4. The van der Waals surface area contributed by atoms with Gasteiger partial charge in [0.2, 0.25) is 0 Å². The summed E-state index contributed by atoms with van der Waals surface area (Å²) >= 11 is 0. The average molecular weight is 256 g/mol. The molecule has 1 aromatic rings. The van der Waals surface area contributed by atoms with Gasteiger partial charge in [-0.05, 0) is 29.7 Å². The van der Waals surface area contributed by atoms with Crippen LogP contribution in [0.4, 0.5) is 13.2 Å². The first kappa shape index (κ1) is 13.0. The highest BCUT2D eigenvalue weighted by molar-refractivity contribution is 5.67. The zero-order chi connectivity index (χ0) is 13.2. The molecular formula is C13H13F3NO. The third-order valence-electron chi connectivity index (χ3n) is 2.73. The highest BCUT2D eigenvalue weighted by atomic mass is 19.4. The molecule has 0 N–H and O–H groups in total. The van der Waals surface area contributed by atoms with Gasteiger partial charge in [0.25, 0.3) is 0 Å². The fourth-order valence-corrected chi connectivity index (χ4v) is 1.87. The van der Waals surface area contributed by atoms with Gasteiger partial charge in [0.05, 0.1) is 0 Å². The van der Waals surface area contributed by atoms with E-state index < -0.39 is 6.36 Å². The van der Waals surface area contributed by atoms with Crippen molar-refractivity contribution in [1.82, 2.24) is 4.90 Å². The van der Waals surface area contributed by atoms with Gasteiger partial charge in [-0.2, -0.15) is 0 Å². The van der Waals surface area contributed by atoms with Crippen molar-refractivity contribution < 1.29 is 17.9 Å². The van der Waals surface area contributed by atoms with Crippen molar-refractivity contribution in [3.8, 4) is 5.75 Å². The molecule has 0 spiro atoms. The van der Waals surface area contributed by atoms with Gasteiger partial charge in [-0.15, -0.1) is 13.2 Å². The summed E-state index contributed by atoms with van der Waals surface area (Å²) in [6, 6.07) is 6.06. The SMILES string of the molecule is [CH2]N1CC=C(c2cccc(OC(F)(F)F)c2)CC1. The highest BCUT2D eigenvalue weighted by Crippen LogP contribution is 2.28. The lowest BCUT2D eigenvalue weighted by Gasteiger charge is -2.22. The molecule has 0 aromatic heterocycles. The van der Waals surface area contributed by atoms with Crippen molar-refractivity contribution in [3.63, 3.8) is 0 Å². The summed E-state index contributed by atoms with van der Waals surface area (Å²) in [7, 11) is 3.81. The maximum Gasteiger partial charge on any atom is 0.573 e. The van der Waals surface area contributed by atoms with Crippen LogP contribution in [0.15, 0.2) is 30.3 Å². The first-order valence-corrected chi connectivity index (χ1v) is 5.55. The molecular weight excluding hydrogens is 243 g/mol. The first-order chi connectivity index (χ1) is 8.44. The van der Waals surface area contributed by atoms with Gasteiger partial charge >= 0.3 is 6.36 Å². The zero-order valence-electron chi connectivity index (χ0n) is 9.70. The van der Waals surface area contributed by atoms with Crippen molar-refractivity contribution in [2.75, 3.05) is 13.1 Å². The van der Waals surface area contributed by atoms with E-state index in [1.165, 1.54) is 12.1 Å². The molecule has 5 heteroatoms. The maximum absolute atomic E-state index is 12.1. The minimum Gasteiger partial charge on any atom is -0.406 e. The van der Waals surface area contributed by atoms with Gasteiger partial charge in [-0.3, -0.25) is 4.90 Å². The minimum atomic E-state index is -4.65. The molecule has 97 valence electrons. The summed E-state index contributed by atoms with van der Waals surface area (Å²) < 4.78 is 40.2. The Hall–Kier alpha value is -1.49. The van der Waals surface area contributed by atoms with Crippen molar-refractivity contribution in [3.05, 3.63) is 43.0 Å². The molecule has 1 heterocycles. The second-order valence-electron chi connectivity index (χ2n) is 4.13. The van der Waals surface area contributed by atoms with Crippen LogP contribution in [0, 0.1) is 7.05 Å². The van der Waals surface area contributed by atoms with Crippen LogP contribution >= 0.6 is 0 Å². The zero-order valence-corrected chi connectivity index (χ0v) is 9.70. The molecule has 1 aliphatic heterocycles. The number of ether oxygens (including phenoxy) is 1. The second-order valence-corrected chi connectivity index (χ2v) is 4.13. The molecule has 0 unspecified atom stereocenters. The standard InChI is InChI=1S/C13H13F3NO/c1-17-7-5-10(6-8-17)11-3-2-4-12(9-11)18-13(14,15)16/h2-5,9H,1,6-8H2. The van der Waals surface area contributed by atoms with Crippen LogP contribution in [0.25, 0.3) is 5.57 Å². The monoisotopic (exact) mass is 256 g/mol. The van der Waals surface area contributed by atoms with Gasteiger partial charge < -0.3 is 4.74 Å². The molecule has 2 nitrogen and oxygen atoms in total. The third kappa shape index (κ3) is 3.50. The Morgan fingerprint density at radius 2 is 2.06 bits per heavy atom. The minimum absolute atomic E-state index is 0.182. The Morgan fingerprint density at radius 1 is 1.28 bits per heavy atom. The summed E-state index contributed by atoms with van der Waals surface area (Å²) in [6.45, 7) is 1.51. The molecule has 1 aliphatic rings. The second kappa shape index (κ2) is 5.02. The van der Waals surface area contributed by atoms with E-state index in [-0.39, 0.29) is 5.75 Å². The number of hydrogen-bond donors (Lipinski definition) is 0. The predicted octanol–water partition coefficient (Wildman–Crippen LogP) is 3.47. The Labute approximate surface area is 104 Å². The van der Waals surface area contributed by atoms with E-state index in [4.69, 9.17) is 0 Å². The number of alkyl halides is 3. The number of halogens is 3.